The molecule has 212 valence electrons. The van der Waals surface area contributed by atoms with Gasteiger partial charge in [-0.2, -0.15) is 5.26 Å². The molecule has 7 aromatic rings. The van der Waals surface area contributed by atoms with Crippen molar-refractivity contribution >= 4 is 21.8 Å². The smallest absolute Gasteiger partial charge is 0.0998 e. The van der Waals surface area contributed by atoms with Gasteiger partial charge in [-0.1, -0.05) is 59.7 Å². The molecule has 3 heteroatoms. The van der Waals surface area contributed by atoms with E-state index < -0.39 is 0 Å². The molecule has 44 heavy (non-hydrogen) atoms. The second kappa shape index (κ2) is 10.7. The first kappa shape index (κ1) is 27.4. The van der Waals surface area contributed by atoms with Crippen LogP contribution in [0.25, 0.3) is 60.9 Å². The van der Waals surface area contributed by atoms with Gasteiger partial charge in [0.2, 0.25) is 0 Å². The van der Waals surface area contributed by atoms with Crippen molar-refractivity contribution in [3.63, 3.8) is 0 Å². The second-order valence-corrected chi connectivity index (χ2v) is 12.0. The third-order valence-corrected chi connectivity index (χ3v) is 8.84. The summed E-state index contributed by atoms with van der Waals surface area (Å²) >= 11 is 0. The minimum atomic E-state index is 0.660. The highest BCUT2D eigenvalue weighted by atomic mass is 15.0. The van der Waals surface area contributed by atoms with Crippen molar-refractivity contribution < 1.29 is 0 Å². The van der Waals surface area contributed by atoms with Crippen LogP contribution in [0.15, 0.2) is 109 Å². The quantitative estimate of drug-likeness (QED) is 0.212. The van der Waals surface area contributed by atoms with E-state index in [1.165, 1.54) is 55.3 Å². The molecule has 0 radical (unpaired) electrons. The van der Waals surface area contributed by atoms with Gasteiger partial charge < -0.3 is 4.57 Å². The molecular weight excluding hydrogens is 534 g/mol. The van der Waals surface area contributed by atoms with E-state index in [2.05, 4.69) is 129 Å². The van der Waals surface area contributed by atoms with Crippen LogP contribution < -0.4 is 0 Å². The largest absolute Gasteiger partial charge is 0.309 e. The van der Waals surface area contributed by atoms with Gasteiger partial charge in [0.1, 0.15) is 0 Å². The average Bonchev–Trinajstić information content (AvgIpc) is 3.34. The molecule has 0 bridgehead atoms. The van der Waals surface area contributed by atoms with Gasteiger partial charge in [0, 0.05) is 34.4 Å². The minimum Gasteiger partial charge on any atom is -0.309 e. The average molecular weight is 568 g/mol. The Hall–Kier alpha value is -5.46. The Morgan fingerprint density at radius 3 is 1.57 bits per heavy atom. The Kier molecular flexibility index (Phi) is 6.64. The number of rotatable bonds is 4. The molecule has 0 aliphatic carbocycles. The lowest BCUT2D eigenvalue weighted by Crippen LogP contribution is -2.00. The summed E-state index contributed by atoms with van der Waals surface area (Å²) in [6.07, 6.45) is 3.55. The molecule has 3 nitrogen and oxygen atoms in total. The van der Waals surface area contributed by atoms with Crippen molar-refractivity contribution in [1.29, 1.82) is 5.26 Å². The van der Waals surface area contributed by atoms with Crippen LogP contribution in [0.3, 0.4) is 0 Å². The molecule has 5 aromatic carbocycles. The maximum absolute atomic E-state index is 10.1. The van der Waals surface area contributed by atoms with Crippen molar-refractivity contribution in [2.45, 2.75) is 34.6 Å². The summed E-state index contributed by atoms with van der Waals surface area (Å²) in [5, 5.41) is 12.5. The van der Waals surface area contributed by atoms with Crippen LogP contribution in [0.2, 0.25) is 0 Å². The third kappa shape index (κ3) is 4.57. The number of hydrogen-bond acceptors (Lipinski definition) is 2. The first-order valence-corrected chi connectivity index (χ1v) is 15.0. The molecule has 2 aromatic heterocycles. The van der Waals surface area contributed by atoms with Crippen molar-refractivity contribution in [3.05, 3.63) is 143 Å². The van der Waals surface area contributed by atoms with Crippen molar-refractivity contribution in [2.75, 3.05) is 0 Å². The Labute approximate surface area is 258 Å². The van der Waals surface area contributed by atoms with Gasteiger partial charge in [0.25, 0.3) is 0 Å². The van der Waals surface area contributed by atoms with E-state index in [0.29, 0.717) is 5.56 Å². The number of hydrogen-bond donors (Lipinski definition) is 0. The maximum Gasteiger partial charge on any atom is 0.0998 e. The molecule has 0 atom stereocenters. The van der Waals surface area contributed by atoms with Crippen LogP contribution in [0, 0.1) is 45.9 Å². The van der Waals surface area contributed by atoms with E-state index in [1.807, 2.05) is 18.2 Å². The van der Waals surface area contributed by atoms with Crippen molar-refractivity contribution in [1.82, 2.24) is 9.55 Å². The molecule has 0 spiro atoms. The standard InChI is InChI=1S/C41H33N3/c1-25-6-10-34(27(3)18-25)31-8-12-39-37(21-31)38-22-32(35-11-7-26(2)19-28(35)4)9-13-40(38)44(39)41-23-36(30-14-16-43-17-15-30)33(24-42)20-29(41)5/h6-23H,1-5H3. The molecule has 0 unspecified atom stereocenters. The van der Waals surface area contributed by atoms with E-state index in [0.717, 1.165) is 33.4 Å². The van der Waals surface area contributed by atoms with Crippen molar-refractivity contribution in [3.8, 4) is 45.1 Å². The maximum atomic E-state index is 10.1. The van der Waals surface area contributed by atoms with Gasteiger partial charge >= 0.3 is 0 Å². The van der Waals surface area contributed by atoms with Gasteiger partial charge in [0.05, 0.1) is 22.7 Å². The fourth-order valence-corrected chi connectivity index (χ4v) is 6.69. The van der Waals surface area contributed by atoms with E-state index in [1.54, 1.807) is 12.4 Å². The van der Waals surface area contributed by atoms with Crippen molar-refractivity contribution in [2.24, 2.45) is 0 Å². The van der Waals surface area contributed by atoms with E-state index in [-0.39, 0.29) is 0 Å². The zero-order valence-corrected chi connectivity index (χ0v) is 25.7. The summed E-state index contributed by atoms with van der Waals surface area (Å²) in [5.41, 5.74) is 16.9. The summed E-state index contributed by atoms with van der Waals surface area (Å²) in [7, 11) is 0. The molecule has 0 amide bonds. The SMILES string of the molecule is Cc1ccc(-c2ccc3c(c2)c2cc(-c4ccc(C)cc4C)ccc2n3-c2cc(-c3ccncc3)c(C#N)cc2C)c(C)c1. The summed E-state index contributed by atoms with van der Waals surface area (Å²) in [6.45, 7) is 10.8. The number of benzene rings is 5. The Balaban J connectivity index is 1.54. The summed E-state index contributed by atoms with van der Waals surface area (Å²) < 4.78 is 2.36. The lowest BCUT2D eigenvalue weighted by molar-refractivity contribution is 1.15. The summed E-state index contributed by atoms with van der Waals surface area (Å²) in [4.78, 5) is 4.20. The lowest BCUT2D eigenvalue weighted by atomic mass is 9.95. The molecule has 0 saturated carbocycles. The normalized spacial score (nSPS) is 11.3. The van der Waals surface area contributed by atoms with Crippen LogP contribution in [-0.2, 0) is 0 Å². The molecule has 7 rings (SSSR count). The van der Waals surface area contributed by atoms with E-state index in [4.69, 9.17) is 0 Å². The van der Waals surface area contributed by atoms with Crippen LogP contribution in [0.1, 0.15) is 33.4 Å². The second-order valence-electron chi connectivity index (χ2n) is 12.0. The number of aromatic nitrogens is 2. The Morgan fingerprint density at radius 1 is 0.523 bits per heavy atom. The molecule has 0 fully saturated rings. The molecule has 0 N–H and O–H groups in total. The number of aryl methyl sites for hydroxylation is 5. The zero-order valence-electron chi connectivity index (χ0n) is 25.7. The first-order chi connectivity index (χ1) is 21.3. The summed E-state index contributed by atoms with van der Waals surface area (Å²) in [5.74, 6) is 0. The molecular formula is C41H33N3. The monoisotopic (exact) mass is 567 g/mol. The lowest BCUT2D eigenvalue weighted by Gasteiger charge is -2.15. The topological polar surface area (TPSA) is 41.6 Å². The fourth-order valence-electron chi connectivity index (χ4n) is 6.69. The molecule has 2 heterocycles. The molecule has 0 aliphatic rings. The highest BCUT2D eigenvalue weighted by Gasteiger charge is 2.19. The Morgan fingerprint density at radius 2 is 1.07 bits per heavy atom. The number of nitriles is 1. The van der Waals surface area contributed by atoms with Crippen LogP contribution >= 0.6 is 0 Å². The van der Waals surface area contributed by atoms with Gasteiger partial charge in [0.15, 0.2) is 0 Å². The van der Waals surface area contributed by atoms with Gasteiger partial charge in [-0.05, 0) is 128 Å². The number of nitrogens with zero attached hydrogens (tertiary/aromatic N) is 3. The van der Waals surface area contributed by atoms with Gasteiger partial charge in [-0.3, -0.25) is 4.98 Å². The van der Waals surface area contributed by atoms with Crippen LogP contribution in [0.5, 0.6) is 0 Å². The van der Waals surface area contributed by atoms with Crippen LogP contribution in [-0.4, -0.2) is 9.55 Å². The number of fused-ring (bicyclic) bond motifs is 3. The van der Waals surface area contributed by atoms with Gasteiger partial charge in [-0.15, -0.1) is 0 Å². The minimum absolute atomic E-state index is 0.660. The molecule has 0 saturated heterocycles. The third-order valence-electron chi connectivity index (χ3n) is 8.84. The predicted octanol–water partition coefficient (Wildman–Crippen LogP) is 10.6. The highest BCUT2D eigenvalue weighted by molar-refractivity contribution is 6.12. The zero-order chi connectivity index (χ0) is 30.5. The molecule has 0 aliphatic heterocycles. The first-order valence-electron chi connectivity index (χ1n) is 15.0. The van der Waals surface area contributed by atoms with Crippen LogP contribution in [0.4, 0.5) is 0 Å². The highest BCUT2D eigenvalue weighted by Crippen LogP contribution is 2.40. The Bertz CT molecular complexity index is 2170. The van der Waals surface area contributed by atoms with E-state index >= 15 is 0 Å². The number of pyridine rings is 1. The summed E-state index contributed by atoms with van der Waals surface area (Å²) in [6, 6.07) is 37.6. The van der Waals surface area contributed by atoms with Gasteiger partial charge in [-0.25, -0.2) is 0 Å². The predicted molar refractivity (Wildman–Crippen MR) is 183 cm³/mol. The fraction of sp³-hybridized carbons (Fsp3) is 0.122. The van der Waals surface area contributed by atoms with E-state index in [9.17, 15) is 5.26 Å².